The average molecular weight is 378 g/mol. The van der Waals surface area contributed by atoms with Gasteiger partial charge in [-0.1, -0.05) is 36.4 Å². The van der Waals surface area contributed by atoms with E-state index < -0.39 is 0 Å². The van der Waals surface area contributed by atoms with Gasteiger partial charge in [-0.05, 0) is 18.2 Å². The lowest BCUT2D eigenvalue weighted by Crippen LogP contribution is -2.10. The summed E-state index contributed by atoms with van der Waals surface area (Å²) in [6, 6.07) is 15.8. The van der Waals surface area contributed by atoms with Gasteiger partial charge in [0.25, 0.3) is 0 Å². The lowest BCUT2D eigenvalue weighted by molar-refractivity contribution is 0.210. The molecule has 0 radical (unpaired) electrons. The molecule has 0 aliphatic carbocycles. The Morgan fingerprint density at radius 1 is 1.11 bits per heavy atom. The van der Waals surface area contributed by atoms with Gasteiger partial charge in [0.15, 0.2) is 5.65 Å². The molecule has 3 N–H and O–H groups in total. The van der Waals surface area contributed by atoms with Crippen LogP contribution in [0.3, 0.4) is 0 Å². The number of aromatic nitrogens is 4. The van der Waals surface area contributed by atoms with Gasteiger partial charge >= 0.3 is 0 Å². The second kappa shape index (κ2) is 7.61. The summed E-state index contributed by atoms with van der Waals surface area (Å²) in [5.74, 6) is 0.405. The molecule has 0 bridgehead atoms. The maximum absolute atomic E-state index is 13.7. The summed E-state index contributed by atoms with van der Waals surface area (Å²) in [5, 5.41) is 8.25. The molecule has 0 unspecified atom stereocenters. The third kappa shape index (κ3) is 3.37. The van der Waals surface area contributed by atoms with Crippen LogP contribution in [-0.2, 0) is 4.74 Å². The summed E-state index contributed by atoms with van der Waals surface area (Å²) in [7, 11) is 1.63. The van der Waals surface area contributed by atoms with Gasteiger partial charge in [-0.25, -0.2) is 14.1 Å². The number of halogens is 1. The number of anilines is 2. The lowest BCUT2D eigenvalue weighted by atomic mass is 10.1. The van der Waals surface area contributed by atoms with Gasteiger partial charge in [0.2, 0.25) is 5.95 Å². The molecule has 4 aromatic rings. The van der Waals surface area contributed by atoms with Crippen LogP contribution < -0.4 is 11.1 Å². The van der Waals surface area contributed by atoms with Crippen molar-refractivity contribution in [3.05, 3.63) is 60.4 Å². The van der Waals surface area contributed by atoms with Gasteiger partial charge in [0.1, 0.15) is 11.6 Å². The molecule has 0 amide bonds. The molecule has 7 nitrogen and oxygen atoms in total. The van der Waals surface area contributed by atoms with E-state index >= 15 is 0 Å². The number of hydrogen-bond acceptors (Lipinski definition) is 6. The molecule has 8 heteroatoms. The van der Waals surface area contributed by atoms with Crippen LogP contribution in [-0.4, -0.2) is 40.0 Å². The first kappa shape index (κ1) is 17.9. The van der Waals surface area contributed by atoms with E-state index in [2.05, 4.69) is 20.4 Å². The van der Waals surface area contributed by atoms with Crippen molar-refractivity contribution in [2.45, 2.75) is 0 Å². The van der Waals surface area contributed by atoms with E-state index in [0.29, 0.717) is 47.3 Å². The van der Waals surface area contributed by atoms with Crippen LogP contribution in [0.5, 0.6) is 0 Å². The lowest BCUT2D eigenvalue weighted by Gasteiger charge is -2.08. The molecule has 142 valence electrons. The Labute approximate surface area is 161 Å². The van der Waals surface area contributed by atoms with Gasteiger partial charge in [0, 0.05) is 19.2 Å². The van der Waals surface area contributed by atoms with Crippen molar-refractivity contribution in [2.75, 3.05) is 31.3 Å². The molecule has 2 aromatic heterocycles. The fourth-order valence-electron chi connectivity index (χ4n) is 2.97. The Hall–Kier alpha value is -3.52. The third-order valence-corrected chi connectivity index (χ3v) is 4.26. The minimum absolute atomic E-state index is 0.350. The molecule has 0 atom stereocenters. The first-order chi connectivity index (χ1) is 13.7. The summed E-state index contributed by atoms with van der Waals surface area (Å²) >= 11 is 0. The van der Waals surface area contributed by atoms with E-state index in [1.807, 2.05) is 30.3 Å². The van der Waals surface area contributed by atoms with Gasteiger partial charge < -0.3 is 15.8 Å². The SMILES string of the molecule is COCCNc1nc(-c2ccccc2)c2c(N)n(-c3cccc(F)c3)nc2n1. The third-order valence-electron chi connectivity index (χ3n) is 4.26. The molecule has 28 heavy (non-hydrogen) atoms. The van der Waals surface area contributed by atoms with Crippen molar-refractivity contribution in [1.82, 2.24) is 19.7 Å². The van der Waals surface area contributed by atoms with Gasteiger partial charge in [-0.3, -0.25) is 0 Å². The largest absolute Gasteiger partial charge is 0.383 e. The zero-order chi connectivity index (χ0) is 19.5. The smallest absolute Gasteiger partial charge is 0.225 e. The van der Waals surface area contributed by atoms with E-state index in [1.54, 1.807) is 19.2 Å². The maximum Gasteiger partial charge on any atom is 0.225 e. The van der Waals surface area contributed by atoms with E-state index in [-0.39, 0.29) is 5.82 Å². The number of nitrogens with one attached hydrogen (secondary N) is 1. The monoisotopic (exact) mass is 378 g/mol. The number of methoxy groups -OCH3 is 1. The highest BCUT2D eigenvalue weighted by atomic mass is 19.1. The number of hydrogen-bond donors (Lipinski definition) is 2. The van der Waals surface area contributed by atoms with Crippen LogP contribution in [0.25, 0.3) is 28.0 Å². The predicted octanol–water partition coefficient (Wildman–Crippen LogP) is 3.26. The van der Waals surface area contributed by atoms with Crippen molar-refractivity contribution in [3.63, 3.8) is 0 Å². The molecular weight excluding hydrogens is 359 g/mol. The number of fused-ring (bicyclic) bond motifs is 1. The second-order valence-corrected chi connectivity index (χ2v) is 6.16. The van der Waals surface area contributed by atoms with Crippen molar-refractivity contribution in [1.29, 1.82) is 0 Å². The van der Waals surface area contributed by atoms with E-state index in [0.717, 1.165) is 5.56 Å². The number of nitrogens with zero attached hydrogens (tertiary/aromatic N) is 4. The molecule has 0 fully saturated rings. The second-order valence-electron chi connectivity index (χ2n) is 6.16. The number of nitrogens with two attached hydrogens (primary N) is 1. The fourth-order valence-corrected chi connectivity index (χ4v) is 2.97. The van der Waals surface area contributed by atoms with Crippen LogP contribution in [0, 0.1) is 5.82 Å². The zero-order valence-electron chi connectivity index (χ0n) is 15.3. The number of ether oxygens (including phenoxy) is 1. The van der Waals surface area contributed by atoms with Crippen molar-refractivity contribution >= 4 is 22.8 Å². The molecule has 0 saturated carbocycles. The molecule has 2 heterocycles. The normalized spacial score (nSPS) is 11.1. The van der Waals surface area contributed by atoms with Crippen molar-refractivity contribution in [2.24, 2.45) is 0 Å². The number of nitrogen functional groups attached to an aromatic ring is 1. The van der Waals surface area contributed by atoms with Crippen LogP contribution in [0.4, 0.5) is 16.2 Å². The topological polar surface area (TPSA) is 90.9 Å². The van der Waals surface area contributed by atoms with Crippen LogP contribution >= 0.6 is 0 Å². The minimum atomic E-state index is -0.368. The summed E-state index contributed by atoms with van der Waals surface area (Å²) in [6.07, 6.45) is 0. The minimum Gasteiger partial charge on any atom is -0.383 e. The summed E-state index contributed by atoms with van der Waals surface area (Å²) in [5.41, 5.74) is 8.87. The molecular formula is C20H19FN6O. The van der Waals surface area contributed by atoms with E-state index in [9.17, 15) is 4.39 Å². The molecule has 0 spiro atoms. The highest BCUT2D eigenvalue weighted by molar-refractivity contribution is 5.99. The van der Waals surface area contributed by atoms with Crippen LogP contribution in [0.1, 0.15) is 0 Å². The van der Waals surface area contributed by atoms with E-state index in [1.165, 1.54) is 16.8 Å². The summed E-state index contributed by atoms with van der Waals surface area (Å²) in [4.78, 5) is 9.12. The van der Waals surface area contributed by atoms with Gasteiger partial charge in [0.05, 0.1) is 23.4 Å². The molecule has 2 aromatic carbocycles. The highest BCUT2D eigenvalue weighted by Gasteiger charge is 2.19. The standard InChI is InChI=1S/C20H19FN6O/c1-28-11-10-23-20-24-17(13-6-3-2-4-7-13)16-18(22)27(26-19(16)25-20)15-9-5-8-14(21)12-15/h2-9,12H,10-11,22H2,1H3,(H,23,25,26). The molecule has 0 aliphatic rings. The Kier molecular flexibility index (Phi) is 4.86. The Morgan fingerprint density at radius 3 is 2.68 bits per heavy atom. The van der Waals surface area contributed by atoms with Gasteiger partial charge in [-0.2, -0.15) is 4.98 Å². The maximum atomic E-state index is 13.7. The van der Waals surface area contributed by atoms with Crippen molar-refractivity contribution in [3.8, 4) is 16.9 Å². The Bertz CT molecular complexity index is 1110. The first-order valence-corrected chi connectivity index (χ1v) is 8.78. The molecule has 4 rings (SSSR count). The fraction of sp³-hybridized carbons (Fsp3) is 0.150. The van der Waals surface area contributed by atoms with Gasteiger partial charge in [-0.15, -0.1) is 5.10 Å². The highest BCUT2D eigenvalue weighted by Crippen LogP contribution is 2.32. The molecule has 0 saturated heterocycles. The van der Waals surface area contributed by atoms with E-state index in [4.69, 9.17) is 10.5 Å². The zero-order valence-corrected chi connectivity index (χ0v) is 15.3. The first-order valence-electron chi connectivity index (χ1n) is 8.78. The van der Waals surface area contributed by atoms with Crippen LogP contribution in [0.15, 0.2) is 54.6 Å². The number of benzene rings is 2. The average Bonchev–Trinajstić information content (AvgIpc) is 3.05. The van der Waals surface area contributed by atoms with Crippen molar-refractivity contribution < 1.29 is 9.13 Å². The summed E-state index contributed by atoms with van der Waals surface area (Å²) in [6.45, 7) is 1.07. The van der Waals surface area contributed by atoms with Crippen LogP contribution in [0.2, 0.25) is 0 Å². The Morgan fingerprint density at radius 2 is 1.93 bits per heavy atom. The quantitative estimate of drug-likeness (QED) is 0.501. The Balaban J connectivity index is 1.91. The predicted molar refractivity (Wildman–Crippen MR) is 107 cm³/mol. The molecule has 0 aliphatic heterocycles. The number of rotatable bonds is 6. The summed E-state index contributed by atoms with van der Waals surface area (Å²) < 4.78 is 20.2.